The molecule has 3 aromatic carbocycles. The summed E-state index contributed by atoms with van der Waals surface area (Å²) in [6, 6.07) is 23.1. The van der Waals surface area contributed by atoms with Crippen LogP contribution < -0.4 is 16.0 Å². The number of carbonyl (C=O) groups excluding carboxylic acids is 1. The number of thiol groups is 1. The Morgan fingerprint density at radius 1 is 1.04 bits per heavy atom. The van der Waals surface area contributed by atoms with Gasteiger partial charge in [-0.1, -0.05) is 30.3 Å². The smallest absolute Gasteiger partial charge is 0.255 e. The fraction of sp³-hybridized carbons (Fsp3) is 0.0952. The number of nitrogens with zero attached hydrogens (tertiary/aromatic N) is 1. The van der Waals surface area contributed by atoms with Crippen molar-refractivity contribution in [3.8, 4) is 0 Å². The second-order valence-electron chi connectivity index (χ2n) is 6.12. The molecule has 0 saturated heterocycles. The molecule has 0 atom stereocenters. The molecular weight excluding hydrogens is 342 g/mol. The number of rotatable bonds is 5. The first-order chi connectivity index (χ1) is 12.5. The zero-order chi connectivity index (χ0) is 18.5. The number of hydrogen-bond donors (Lipinski definition) is 3. The van der Waals surface area contributed by atoms with Gasteiger partial charge in [-0.25, -0.2) is 0 Å². The lowest BCUT2D eigenvalue weighted by Gasteiger charge is -2.19. The Labute approximate surface area is 159 Å². The third kappa shape index (κ3) is 4.37. The summed E-state index contributed by atoms with van der Waals surface area (Å²) in [5.41, 5.74) is 9.82. The van der Waals surface area contributed by atoms with Crippen molar-refractivity contribution in [2.75, 3.05) is 23.0 Å². The van der Waals surface area contributed by atoms with E-state index < -0.39 is 0 Å². The van der Waals surface area contributed by atoms with E-state index in [-0.39, 0.29) is 5.91 Å². The van der Waals surface area contributed by atoms with Crippen LogP contribution >= 0.6 is 12.6 Å². The Balaban J connectivity index is 1.70. The molecule has 132 valence electrons. The highest BCUT2D eigenvalue weighted by atomic mass is 32.1. The van der Waals surface area contributed by atoms with Gasteiger partial charge in [0.15, 0.2) is 0 Å². The molecule has 0 heterocycles. The minimum Gasteiger partial charge on any atom is -0.398 e. The van der Waals surface area contributed by atoms with Gasteiger partial charge < -0.3 is 16.0 Å². The minimum atomic E-state index is -0.196. The number of anilines is 3. The van der Waals surface area contributed by atoms with Gasteiger partial charge in [0.05, 0.1) is 0 Å². The van der Waals surface area contributed by atoms with Crippen molar-refractivity contribution < 1.29 is 4.79 Å². The highest BCUT2D eigenvalue weighted by Crippen LogP contribution is 2.20. The van der Waals surface area contributed by atoms with Crippen LogP contribution in [0.25, 0.3) is 0 Å². The van der Waals surface area contributed by atoms with Gasteiger partial charge in [0.25, 0.3) is 5.91 Å². The van der Waals surface area contributed by atoms with Gasteiger partial charge in [-0.15, -0.1) is 12.6 Å². The van der Waals surface area contributed by atoms with Gasteiger partial charge >= 0.3 is 0 Å². The van der Waals surface area contributed by atoms with Crippen LogP contribution in [0.5, 0.6) is 0 Å². The second-order valence-corrected chi connectivity index (χ2v) is 6.60. The summed E-state index contributed by atoms with van der Waals surface area (Å²) in [6.45, 7) is 0.745. The molecule has 1 amide bonds. The predicted octanol–water partition coefficient (Wildman–Crippen LogP) is 4.45. The number of para-hydroxylation sites is 1. The van der Waals surface area contributed by atoms with Gasteiger partial charge in [-0.2, -0.15) is 0 Å². The highest BCUT2D eigenvalue weighted by molar-refractivity contribution is 7.80. The molecule has 3 aromatic rings. The first kappa shape index (κ1) is 17.9. The standard InChI is InChI=1S/C21H21N3OS/c1-24(18-8-3-2-4-9-18)14-15-6-5-7-17(12-15)23-21(25)16-10-11-20(26)19(22)13-16/h2-13,26H,14,22H2,1H3,(H,23,25). The average Bonchev–Trinajstić information content (AvgIpc) is 2.65. The topological polar surface area (TPSA) is 58.4 Å². The maximum Gasteiger partial charge on any atom is 0.255 e. The van der Waals surface area contributed by atoms with Crippen LogP contribution in [0.1, 0.15) is 15.9 Å². The van der Waals surface area contributed by atoms with Gasteiger partial charge in [-0.05, 0) is 48.0 Å². The predicted molar refractivity (Wildman–Crippen MR) is 111 cm³/mol. The molecule has 3 N–H and O–H groups in total. The number of nitrogen functional groups attached to an aromatic ring is 1. The Morgan fingerprint density at radius 3 is 2.54 bits per heavy atom. The molecule has 4 nitrogen and oxygen atoms in total. The molecule has 5 heteroatoms. The fourth-order valence-electron chi connectivity index (χ4n) is 2.69. The van der Waals surface area contributed by atoms with Crippen LogP contribution in [0.4, 0.5) is 17.1 Å². The number of amides is 1. The van der Waals surface area contributed by atoms with E-state index in [4.69, 9.17) is 5.73 Å². The van der Waals surface area contributed by atoms with Crippen molar-refractivity contribution >= 4 is 35.6 Å². The molecule has 0 aliphatic heterocycles. The van der Waals surface area contributed by atoms with Crippen LogP contribution in [0, 0.1) is 0 Å². The summed E-state index contributed by atoms with van der Waals surface area (Å²) in [4.78, 5) is 15.3. The Morgan fingerprint density at radius 2 is 1.81 bits per heavy atom. The van der Waals surface area contributed by atoms with E-state index in [1.165, 1.54) is 0 Å². The lowest BCUT2D eigenvalue weighted by molar-refractivity contribution is 0.102. The summed E-state index contributed by atoms with van der Waals surface area (Å²) >= 11 is 4.23. The largest absolute Gasteiger partial charge is 0.398 e. The van der Waals surface area contributed by atoms with Crippen molar-refractivity contribution in [1.29, 1.82) is 0 Å². The lowest BCUT2D eigenvalue weighted by atomic mass is 10.1. The van der Waals surface area contributed by atoms with Crippen molar-refractivity contribution in [1.82, 2.24) is 0 Å². The van der Waals surface area contributed by atoms with E-state index in [9.17, 15) is 4.79 Å². The molecule has 0 radical (unpaired) electrons. The van der Waals surface area contributed by atoms with E-state index in [1.807, 2.05) is 49.5 Å². The molecular formula is C21H21N3OS. The van der Waals surface area contributed by atoms with Crippen LogP contribution in [0.15, 0.2) is 77.7 Å². The quantitative estimate of drug-likeness (QED) is 0.464. The SMILES string of the molecule is CN(Cc1cccc(NC(=O)c2ccc(S)c(N)c2)c1)c1ccccc1. The van der Waals surface area contributed by atoms with Crippen LogP contribution in [0.2, 0.25) is 0 Å². The number of carbonyl (C=O) groups is 1. The molecule has 26 heavy (non-hydrogen) atoms. The van der Waals surface area contributed by atoms with E-state index in [2.05, 4.69) is 35.0 Å². The Kier molecular flexibility index (Phi) is 5.49. The third-order valence-electron chi connectivity index (χ3n) is 4.09. The summed E-state index contributed by atoms with van der Waals surface area (Å²) in [5.74, 6) is -0.196. The summed E-state index contributed by atoms with van der Waals surface area (Å²) in [6.07, 6.45) is 0. The molecule has 0 unspecified atom stereocenters. The molecule has 3 rings (SSSR count). The molecule has 0 fully saturated rings. The lowest BCUT2D eigenvalue weighted by Crippen LogP contribution is -2.17. The van der Waals surface area contributed by atoms with Crippen molar-refractivity contribution in [2.24, 2.45) is 0 Å². The highest BCUT2D eigenvalue weighted by Gasteiger charge is 2.09. The average molecular weight is 363 g/mol. The maximum absolute atomic E-state index is 12.4. The third-order valence-corrected chi connectivity index (χ3v) is 4.50. The maximum atomic E-state index is 12.4. The van der Waals surface area contributed by atoms with Crippen LogP contribution in [0.3, 0.4) is 0 Å². The van der Waals surface area contributed by atoms with Crippen LogP contribution in [-0.4, -0.2) is 13.0 Å². The summed E-state index contributed by atoms with van der Waals surface area (Å²) in [5, 5.41) is 2.92. The van der Waals surface area contributed by atoms with E-state index in [1.54, 1.807) is 18.2 Å². The summed E-state index contributed by atoms with van der Waals surface area (Å²) in [7, 11) is 2.04. The van der Waals surface area contributed by atoms with Gasteiger partial charge in [0, 0.05) is 41.1 Å². The molecule has 0 aliphatic carbocycles. The normalized spacial score (nSPS) is 10.4. The van der Waals surface area contributed by atoms with Crippen molar-refractivity contribution in [3.05, 3.63) is 83.9 Å². The van der Waals surface area contributed by atoms with E-state index in [0.29, 0.717) is 16.1 Å². The van der Waals surface area contributed by atoms with Crippen molar-refractivity contribution in [2.45, 2.75) is 11.4 Å². The number of nitrogens with two attached hydrogens (primary N) is 1. The second kappa shape index (κ2) is 7.97. The molecule has 0 aromatic heterocycles. The first-order valence-corrected chi connectivity index (χ1v) is 8.72. The number of benzene rings is 3. The molecule has 0 bridgehead atoms. The zero-order valence-electron chi connectivity index (χ0n) is 14.5. The van der Waals surface area contributed by atoms with E-state index in [0.717, 1.165) is 23.5 Å². The Bertz CT molecular complexity index is 912. The molecule has 0 aliphatic rings. The minimum absolute atomic E-state index is 0.196. The Hall–Kier alpha value is -2.92. The van der Waals surface area contributed by atoms with Crippen molar-refractivity contribution in [3.63, 3.8) is 0 Å². The zero-order valence-corrected chi connectivity index (χ0v) is 15.4. The van der Waals surface area contributed by atoms with Gasteiger partial charge in [0.2, 0.25) is 0 Å². The summed E-state index contributed by atoms with van der Waals surface area (Å²) < 4.78 is 0. The first-order valence-electron chi connectivity index (χ1n) is 8.28. The number of nitrogens with one attached hydrogen (secondary N) is 1. The van der Waals surface area contributed by atoms with E-state index >= 15 is 0 Å². The van der Waals surface area contributed by atoms with Gasteiger partial charge in [-0.3, -0.25) is 4.79 Å². The number of hydrogen-bond acceptors (Lipinski definition) is 4. The van der Waals surface area contributed by atoms with Gasteiger partial charge in [0.1, 0.15) is 0 Å². The monoisotopic (exact) mass is 363 g/mol. The molecule has 0 spiro atoms. The molecule has 0 saturated carbocycles. The van der Waals surface area contributed by atoms with Crippen LogP contribution in [-0.2, 0) is 6.54 Å². The fourth-order valence-corrected chi connectivity index (χ4v) is 2.83.